The number of sulfonamides is 1. The fraction of sp³-hybridized carbons (Fsp3) is 0.875. The van der Waals surface area contributed by atoms with Gasteiger partial charge >= 0.3 is 0 Å². The van der Waals surface area contributed by atoms with Crippen molar-refractivity contribution in [3.8, 4) is 0 Å². The summed E-state index contributed by atoms with van der Waals surface area (Å²) in [6.45, 7) is 2.01. The Kier molecular flexibility index (Phi) is 6.38. The maximum absolute atomic E-state index is 11.3. The molecular weight excluding hydrogens is 284 g/mol. The Balaban J connectivity index is 3.96. The molecule has 0 rings (SSSR count). The minimum atomic E-state index is -3.22. The van der Waals surface area contributed by atoms with E-state index in [1.807, 2.05) is 6.92 Å². The van der Waals surface area contributed by atoms with Crippen molar-refractivity contribution in [3.05, 3.63) is 0 Å². The average Bonchev–Trinajstić information content (AvgIpc) is 2.15. The minimum absolute atomic E-state index is 0.0742. The summed E-state index contributed by atoms with van der Waals surface area (Å²) in [6, 6.07) is 0. The van der Waals surface area contributed by atoms with E-state index >= 15 is 0 Å². The molecule has 90 valence electrons. The highest BCUT2D eigenvalue weighted by Gasteiger charge is 2.15. The molecule has 0 aromatic carbocycles. The summed E-state index contributed by atoms with van der Waals surface area (Å²) in [7, 11) is -0.286. The standard InChI is InChI=1S/C8H17BrN2O3S/c1-4-7(9)8(12)10-5-6-15(13,14)11(2)3/h7H,4-6H2,1-3H3,(H,10,12). The van der Waals surface area contributed by atoms with Gasteiger partial charge in [-0.15, -0.1) is 0 Å². The van der Waals surface area contributed by atoms with Crippen molar-refractivity contribution in [2.45, 2.75) is 18.2 Å². The molecule has 0 saturated carbocycles. The fourth-order valence-corrected chi connectivity index (χ4v) is 1.67. The van der Waals surface area contributed by atoms with Crippen LogP contribution in [-0.4, -0.2) is 49.9 Å². The van der Waals surface area contributed by atoms with Crippen LogP contribution in [0.25, 0.3) is 0 Å². The van der Waals surface area contributed by atoms with Gasteiger partial charge in [0.15, 0.2) is 0 Å². The van der Waals surface area contributed by atoms with Gasteiger partial charge in [-0.1, -0.05) is 22.9 Å². The molecule has 1 atom stereocenters. The van der Waals surface area contributed by atoms with Crippen molar-refractivity contribution in [3.63, 3.8) is 0 Å². The number of amides is 1. The molecule has 0 spiro atoms. The number of hydrogen-bond acceptors (Lipinski definition) is 3. The number of nitrogens with zero attached hydrogens (tertiary/aromatic N) is 1. The molecule has 0 aliphatic rings. The lowest BCUT2D eigenvalue weighted by atomic mass is 10.3. The van der Waals surface area contributed by atoms with Crippen LogP contribution in [0.1, 0.15) is 13.3 Å². The third kappa shape index (κ3) is 5.48. The minimum Gasteiger partial charge on any atom is -0.354 e. The quantitative estimate of drug-likeness (QED) is 0.711. The Morgan fingerprint density at radius 3 is 2.40 bits per heavy atom. The molecule has 1 amide bonds. The van der Waals surface area contributed by atoms with Gasteiger partial charge in [-0.3, -0.25) is 4.79 Å². The van der Waals surface area contributed by atoms with E-state index < -0.39 is 10.0 Å². The van der Waals surface area contributed by atoms with Crippen LogP contribution in [0, 0.1) is 0 Å². The van der Waals surface area contributed by atoms with Crippen LogP contribution in [0.2, 0.25) is 0 Å². The first-order valence-corrected chi connectivity index (χ1v) is 7.15. The monoisotopic (exact) mass is 300 g/mol. The average molecular weight is 301 g/mol. The molecular formula is C8H17BrN2O3S. The van der Waals surface area contributed by atoms with Gasteiger partial charge in [-0.25, -0.2) is 12.7 Å². The van der Waals surface area contributed by atoms with Crippen molar-refractivity contribution in [1.29, 1.82) is 0 Å². The smallest absolute Gasteiger partial charge is 0.233 e. The van der Waals surface area contributed by atoms with Crippen molar-refractivity contribution < 1.29 is 13.2 Å². The van der Waals surface area contributed by atoms with E-state index in [0.717, 1.165) is 4.31 Å². The fourth-order valence-electron chi connectivity index (χ4n) is 0.782. The van der Waals surface area contributed by atoms with Crippen molar-refractivity contribution in [2.75, 3.05) is 26.4 Å². The lowest BCUT2D eigenvalue weighted by Gasteiger charge is -2.12. The molecule has 0 saturated heterocycles. The first kappa shape index (κ1) is 14.9. The number of alkyl halides is 1. The summed E-state index contributed by atoms with van der Waals surface area (Å²) in [4.78, 5) is 11.0. The highest BCUT2D eigenvalue weighted by molar-refractivity contribution is 9.10. The number of carbonyl (C=O) groups excluding carboxylic acids is 1. The Morgan fingerprint density at radius 1 is 1.47 bits per heavy atom. The maximum atomic E-state index is 11.3. The molecule has 5 nitrogen and oxygen atoms in total. The predicted octanol–water partition coefficient (Wildman–Crippen LogP) is 0.168. The molecule has 7 heteroatoms. The third-order valence-corrected chi connectivity index (χ3v) is 4.75. The molecule has 1 unspecified atom stereocenters. The van der Waals surface area contributed by atoms with E-state index in [9.17, 15) is 13.2 Å². The largest absolute Gasteiger partial charge is 0.354 e. The molecule has 0 aliphatic heterocycles. The van der Waals surface area contributed by atoms with Crippen molar-refractivity contribution in [1.82, 2.24) is 9.62 Å². The number of rotatable bonds is 6. The zero-order chi connectivity index (χ0) is 12.1. The number of halogens is 1. The molecule has 0 aliphatic carbocycles. The van der Waals surface area contributed by atoms with Crippen LogP contribution in [0.4, 0.5) is 0 Å². The van der Waals surface area contributed by atoms with Gasteiger partial charge in [0, 0.05) is 20.6 Å². The second kappa shape index (κ2) is 6.44. The Bertz CT molecular complexity index is 303. The summed E-state index contributed by atoms with van der Waals surface area (Å²) < 4.78 is 23.8. The Labute approximate surface area is 99.4 Å². The summed E-state index contributed by atoms with van der Waals surface area (Å²) >= 11 is 3.18. The molecule has 0 bridgehead atoms. The van der Waals surface area contributed by atoms with Gasteiger partial charge in [-0.05, 0) is 6.42 Å². The molecule has 1 N–H and O–H groups in total. The van der Waals surface area contributed by atoms with Gasteiger partial charge in [-0.2, -0.15) is 0 Å². The van der Waals surface area contributed by atoms with Gasteiger partial charge in [0.05, 0.1) is 10.6 Å². The summed E-state index contributed by atoms with van der Waals surface area (Å²) in [6.07, 6.45) is 0.673. The first-order chi connectivity index (χ1) is 6.81. The highest BCUT2D eigenvalue weighted by atomic mass is 79.9. The van der Waals surface area contributed by atoms with E-state index in [1.165, 1.54) is 14.1 Å². The molecule has 0 fully saturated rings. The number of nitrogens with one attached hydrogen (secondary N) is 1. The maximum Gasteiger partial charge on any atom is 0.233 e. The second-order valence-electron chi connectivity index (χ2n) is 3.27. The van der Waals surface area contributed by atoms with Crippen LogP contribution >= 0.6 is 15.9 Å². The van der Waals surface area contributed by atoms with Crippen LogP contribution in [0.3, 0.4) is 0 Å². The summed E-state index contributed by atoms with van der Waals surface area (Å²) in [5, 5.41) is 2.55. The number of hydrogen-bond donors (Lipinski definition) is 1. The molecule has 0 heterocycles. The zero-order valence-electron chi connectivity index (χ0n) is 9.16. The van der Waals surface area contributed by atoms with E-state index in [2.05, 4.69) is 21.2 Å². The van der Waals surface area contributed by atoms with Gasteiger partial charge in [0.25, 0.3) is 0 Å². The van der Waals surface area contributed by atoms with Crippen LogP contribution in [-0.2, 0) is 14.8 Å². The van der Waals surface area contributed by atoms with E-state index in [1.54, 1.807) is 0 Å². The lowest BCUT2D eigenvalue weighted by molar-refractivity contribution is -0.120. The topological polar surface area (TPSA) is 66.5 Å². The molecule has 0 radical (unpaired) electrons. The Morgan fingerprint density at radius 2 is 2.00 bits per heavy atom. The zero-order valence-corrected chi connectivity index (χ0v) is 11.6. The van der Waals surface area contributed by atoms with E-state index in [4.69, 9.17) is 0 Å². The van der Waals surface area contributed by atoms with E-state index in [-0.39, 0.29) is 23.0 Å². The first-order valence-electron chi connectivity index (χ1n) is 4.63. The summed E-state index contributed by atoms with van der Waals surface area (Å²) in [5.74, 6) is -0.249. The van der Waals surface area contributed by atoms with Crippen LogP contribution in [0.15, 0.2) is 0 Å². The second-order valence-corrected chi connectivity index (χ2v) is 6.67. The third-order valence-electron chi connectivity index (χ3n) is 1.86. The lowest BCUT2D eigenvalue weighted by Crippen LogP contribution is -2.37. The number of carbonyl (C=O) groups is 1. The predicted molar refractivity (Wildman–Crippen MR) is 63.5 cm³/mol. The SMILES string of the molecule is CCC(Br)C(=O)NCCS(=O)(=O)N(C)C. The molecule has 15 heavy (non-hydrogen) atoms. The molecule has 0 aromatic heterocycles. The van der Waals surface area contributed by atoms with Gasteiger partial charge < -0.3 is 5.32 Å². The van der Waals surface area contributed by atoms with Crippen molar-refractivity contribution in [2.24, 2.45) is 0 Å². The van der Waals surface area contributed by atoms with Crippen molar-refractivity contribution >= 4 is 31.9 Å². The molecule has 0 aromatic rings. The van der Waals surface area contributed by atoms with E-state index in [0.29, 0.717) is 6.42 Å². The van der Waals surface area contributed by atoms with Gasteiger partial charge in [0.2, 0.25) is 15.9 Å². The summed E-state index contributed by atoms with van der Waals surface area (Å²) in [5.41, 5.74) is 0. The normalized spacial score (nSPS) is 13.9. The van der Waals surface area contributed by atoms with Crippen LogP contribution in [0.5, 0.6) is 0 Å². The van der Waals surface area contributed by atoms with Gasteiger partial charge in [0.1, 0.15) is 0 Å². The Hall–Kier alpha value is -0.140. The van der Waals surface area contributed by atoms with Crippen LogP contribution < -0.4 is 5.32 Å². The highest BCUT2D eigenvalue weighted by Crippen LogP contribution is 2.03.